The maximum Gasteiger partial charge on any atom is 0.273 e. The second-order valence-corrected chi connectivity index (χ2v) is 4.78. The third kappa shape index (κ3) is 2.52. The van der Waals surface area contributed by atoms with Gasteiger partial charge in [0.2, 0.25) is 0 Å². The highest BCUT2D eigenvalue weighted by Gasteiger charge is 2.25. The number of nitrogens with zero attached hydrogens (tertiary/aromatic N) is 1. The third-order valence-corrected chi connectivity index (χ3v) is 3.11. The fourth-order valence-corrected chi connectivity index (χ4v) is 1.90. The number of rotatable bonds is 3. The van der Waals surface area contributed by atoms with Gasteiger partial charge in [0.05, 0.1) is 0 Å². The van der Waals surface area contributed by atoms with E-state index in [0.29, 0.717) is 5.76 Å². The van der Waals surface area contributed by atoms with E-state index in [1.54, 1.807) is 20.0 Å². The smallest absolute Gasteiger partial charge is 0.273 e. The second kappa shape index (κ2) is 4.53. The highest BCUT2D eigenvalue weighted by Crippen LogP contribution is 2.21. The lowest BCUT2D eigenvalue weighted by atomic mass is 9.89. The predicted molar refractivity (Wildman–Crippen MR) is 70.6 cm³/mol. The van der Waals surface area contributed by atoms with Crippen LogP contribution in [0.4, 0.5) is 4.39 Å². The van der Waals surface area contributed by atoms with E-state index in [-0.39, 0.29) is 23.5 Å². The van der Waals surface area contributed by atoms with Gasteiger partial charge in [-0.2, -0.15) is 0 Å². The van der Waals surface area contributed by atoms with Crippen molar-refractivity contribution in [2.75, 3.05) is 0 Å². The van der Waals surface area contributed by atoms with Crippen LogP contribution in [0, 0.1) is 5.82 Å². The molecule has 1 aliphatic rings. The van der Waals surface area contributed by atoms with Gasteiger partial charge in [0.1, 0.15) is 13.7 Å². The van der Waals surface area contributed by atoms with E-state index in [2.05, 4.69) is 10.5 Å². The van der Waals surface area contributed by atoms with Crippen molar-refractivity contribution in [3.05, 3.63) is 35.8 Å². The van der Waals surface area contributed by atoms with Crippen molar-refractivity contribution in [3.8, 4) is 11.3 Å². The van der Waals surface area contributed by atoms with Crippen molar-refractivity contribution >= 4 is 19.2 Å². The molecule has 0 bridgehead atoms. The van der Waals surface area contributed by atoms with Crippen LogP contribution in [0.1, 0.15) is 23.3 Å². The Balaban J connectivity index is 1.85. The Morgan fingerprint density at radius 3 is 2.89 bits per heavy atom. The SMILES string of the molecule is Bc1cc(F)ccc1-c1cc(C(=O)NC2CC2)no1. The average Bonchev–Trinajstić information content (AvgIpc) is 3.04. The Labute approximate surface area is 110 Å². The summed E-state index contributed by atoms with van der Waals surface area (Å²) in [7, 11) is 1.78. The lowest BCUT2D eigenvalue weighted by molar-refractivity contribution is 0.0942. The van der Waals surface area contributed by atoms with Crippen LogP contribution in [0.3, 0.4) is 0 Å². The van der Waals surface area contributed by atoms with Gasteiger partial charge in [0, 0.05) is 17.7 Å². The summed E-state index contributed by atoms with van der Waals surface area (Å²) in [4.78, 5) is 11.8. The van der Waals surface area contributed by atoms with Crippen molar-refractivity contribution in [1.82, 2.24) is 10.5 Å². The topological polar surface area (TPSA) is 55.1 Å². The fraction of sp³-hybridized carbons (Fsp3) is 0.231. The van der Waals surface area contributed by atoms with Gasteiger partial charge in [0.15, 0.2) is 11.5 Å². The summed E-state index contributed by atoms with van der Waals surface area (Å²) in [6, 6.07) is 6.25. The molecule has 1 heterocycles. The molecule has 2 aromatic rings. The van der Waals surface area contributed by atoms with E-state index in [1.807, 2.05) is 0 Å². The molecule has 0 spiro atoms. The minimum Gasteiger partial charge on any atom is -0.356 e. The van der Waals surface area contributed by atoms with Gasteiger partial charge in [-0.25, -0.2) is 4.39 Å². The largest absolute Gasteiger partial charge is 0.356 e. The molecule has 1 fully saturated rings. The third-order valence-electron chi connectivity index (χ3n) is 3.11. The van der Waals surface area contributed by atoms with E-state index >= 15 is 0 Å². The highest BCUT2D eigenvalue weighted by atomic mass is 19.1. The van der Waals surface area contributed by atoms with Crippen LogP contribution in [-0.4, -0.2) is 25.0 Å². The van der Waals surface area contributed by atoms with Gasteiger partial charge in [0.25, 0.3) is 5.91 Å². The molecule has 0 unspecified atom stereocenters. The molecule has 1 saturated carbocycles. The summed E-state index contributed by atoms with van der Waals surface area (Å²) in [6.07, 6.45) is 2.04. The van der Waals surface area contributed by atoms with Crippen molar-refractivity contribution in [1.29, 1.82) is 0 Å². The van der Waals surface area contributed by atoms with Gasteiger partial charge in [-0.15, -0.1) is 0 Å². The van der Waals surface area contributed by atoms with Crippen LogP contribution in [0.5, 0.6) is 0 Å². The van der Waals surface area contributed by atoms with Gasteiger partial charge in [-0.05, 0) is 31.0 Å². The predicted octanol–water partition coefficient (Wildman–Crippen LogP) is 0.631. The number of carbonyl (C=O) groups excluding carboxylic acids is 1. The first-order valence-electron chi connectivity index (χ1n) is 6.17. The maximum absolute atomic E-state index is 13.0. The number of aromatic nitrogens is 1. The number of amides is 1. The molecule has 96 valence electrons. The summed E-state index contributed by atoms with van der Waals surface area (Å²) in [5.41, 5.74) is 1.73. The quantitative estimate of drug-likeness (QED) is 0.821. The van der Waals surface area contributed by atoms with Crippen LogP contribution >= 0.6 is 0 Å². The Morgan fingerprint density at radius 1 is 1.42 bits per heavy atom. The molecule has 1 aromatic heterocycles. The maximum atomic E-state index is 13.0. The van der Waals surface area contributed by atoms with Crippen LogP contribution in [-0.2, 0) is 0 Å². The van der Waals surface area contributed by atoms with Crippen LogP contribution < -0.4 is 10.8 Å². The number of benzene rings is 1. The first kappa shape index (κ1) is 12.0. The van der Waals surface area contributed by atoms with E-state index in [9.17, 15) is 9.18 Å². The standard InChI is InChI=1S/C13H12BFN2O2/c14-10-5-7(15)1-4-9(10)12-6-11(17-19-12)13(18)16-8-2-3-8/h1,4-6,8H,2-3,14H2,(H,16,18). The number of hydrogen-bond acceptors (Lipinski definition) is 3. The van der Waals surface area contributed by atoms with E-state index in [0.717, 1.165) is 23.9 Å². The fourth-order valence-electron chi connectivity index (χ4n) is 1.90. The molecular formula is C13H12BFN2O2. The van der Waals surface area contributed by atoms with Crippen LogP contribution in [0.2, 0.25) is 0 Å². The summed E-state index contributed by atoms with van der Waals surface area (Å²) in [5.74, 6) is -0.0526. The first-order chi connectivity index (χ1) is 9.13. The monoisotopic (exact) mass is 258 g/mol. The van der Waals surface area contributed by atoms with Crippen molar-refractivity contribution in [2.24, 2.45) is 0 Å². The molecule has 3 rings (SSSR count). The molecule has 0 radical (unpaired) electrons. The molecule has 0 saturated heterocycles. The summed E-state index contributed by atoms with van der Waals surface area (Å²) < 4.78 is 18.2. The van der Waals surface area contributed by atoms with Crippen molar-refractivity contribution in [2.45, 2.75) is 18.9 Å². The van der Waals surface area contributed by atoms with Gasteiger partial charge in [-0.3, -0.25) is 4.79 Å². The van der Waals surface area contributed by atoms with Gasteiger partial charge >= 0.3 is 0 Å². The normalized spacial score (nSPS) is 14.4. The molecule has 1 amide bonds. The number of halogens is 1. The Kier molecular flexibility index (Phi) is 2.85. The summed E-state index contributed by atoms with van der Waals surface area (Å²) in [6.45, 7) is 0. The lowest BCUT2D eigenvalue weighted by Gasteiger charge is -2.00. The van der Waals surface area contributed by atoms with Crippen molar-refractivity contribution in [3.63, 3.8) is 0 Å². The van der Waals surface area contributed by atoms with E-state index in [4.69, 9.17) is 4.52 Å². The Bertz CT molecular complexity index is 637. The molecule has 4 nitrogen and oxygen atoms in total. The molecule has 6 heteroatoms. The Hall–Kier alpha value is -2.11. The number of hydrogen-bond donors (Lipinski definition) is 1. The highest BCUT2D eigenvalue weighted by molar-refractivity contribution is 6.35. The van der Waals surface area contributed by atoms with E-state index < -0.39 is 0 Å². The number of carbonyl (C=O) groups is 1. The number of nitrogens with one attached hydrogen (secondary N) is 1. The average molecular weight is 258 g/mol. The minimum atomic E-state index is -0.299. The van der Waals surface area contributed by atoms with Crippen LogP contribution in [0.15, 0.2) is 28.8 Å². The molecular weight excluding hydrogens is 246 g/mol. The first-order valence-corrected chi connectivity index (χ1v) is 6.17. The molecule has 0 aliphatic heterocycles. The second-order valence-electron chi connectivity index (χ2n) is 4.78. The summed E-state index contributed by atoms with van der Waals surface area (Å²) >= 11 is 0. The van der Waals surface area contributed by atoms with Crippen LogP contribution in [0.25, 0.3) is 11.3 Å². The molecule has 1 aromatic carbocycles. The van der Waals surface area contributed by atoms with Gasteiger partial charge in [-0.1, -0.05) is 10.6 Å². The zero-order chi connectivity index (χ0) is 13.4. The summed E-state index contributed by atoms with van der Waals surface area (Å²) in [5, 5.41) is 6.59. The minimum absolute atomic E-state index is 0.225. The van der Waals surface area contributed by atoms with Crippen molar-refractivity contribution < 1.29 is 13.7 Å². The lowest BCUT2D eigenvalue weighted by Crippen LogP contribution is -2.25. The zero-order valence-electron chi connectivity index (χ0n) is 10.4. The molecule has 19 heavy (non-hydrogen) atoms. The molecule has 1 N–H and O–H groups in total. The zero-order valence-corrected chi connectivity index (χ0v) is 10.4. The van der Waals surface area contributed by atoms with E-state index in [1.165, 1.54) is 12.1 Å². The molecule has 1 aliphatic carbocycles. The van der Waals surface area contributed by atoms with Gasteiger partial charge < -0.3 is 9.84 Å². The molecule has 0 atom stereocenters. The Morgan fingerprint density at radius 2 is 2.21 bits per heavy atom.